The predicted octanol–water partition coefficient (Wildman–Crippen LogP) is 4.16. The zero-order chi connectivity index (χ0) is 13.5. The molecule has 1 rings (SSSR count). The molecule has 0 radical (unpaired) electrons. The maximum Gasteiger partial charge on any atom is 0.123 e. The summed E-state index contributed by atoms with van der Waals surface area (Å²) in [5.41, 5.74) is 1.17. The molecule has 2 nitrogen and oxygen atoms in total. The highest BCUT2D eigenvalue weighted by Crippen LogP contribution is 2.23. The van der Waals surface area contributed by atoms with Crippen LogP contribution in [0.15, 0.2) is 22.7 Å². The summed E-state index contributed by atoms with van der Waals surface area (Å²) in [4.78, 5) is 0. The van der Waals surface area contributed by atoms with Gasteiger partial charge in [-0.2, -0.15) is 0 Å². The lowest BCUT2D eigenvalue weighted by atomic mass is 10.1. The van der Waals surface area contributed by atoms with E-state index < -0.39 is 0 Å². The molecule has 0 saturated carbocycles. The molecule has 0 fully saturated rings. The number of ether oxygens (including phenoxy) is 1. The zero-order valence-corrected chi connectivity index (χ0v) is 13.4. The molecule has 0 spiro atoms. The van der Waals surface area contributed by atoms with Gasteiger partial charge in [0.1, 0.15) is 11.9 Å². The molecule has 0 saturated heterocycles. The number of hydrogen-bond donors (Lipinski definition) is 1. The summed E-state index contributed by atoms with van der Waals surface area (Å²) >= 11 is 3.47. The fourth-order valence-electron chi connectivity index (χ4n) is 1.66. The standard InChI is InChI=1S/C15H24BrNO/c1-11(2)7-8-17-10-13(4)18-15-9-14(16)6-5-12(15)3/h5-6,9,11,13,17H,7-8,10H2,1-4H3. The van der Waals surface area contributed by atoms with Gasteiger partial charge in [-0.05, 0) is 50.4 Å². The number of benzene rings is 1. The minimum atomic E-state index is 0.185. The van der Waals surface area contributed by atoms with Crippen LogP contribution < -0.4 is 10.1 Å². The topological polar surface area (TPSA) is 21.3 Å². The lowest BCUT2D eigenvalue weighted by Gasteiger charge is -2.17. The number of halogens is 1. The molecule has 1 unspecified atom stereocenters. The summed E-state index contributed by atoms with van der Waals surface area (Å²) in [6, 6.07) is 6.13. The summed E-state index contributed by atoms with van der Waals surface area (Å²) in [7, 11) is 0. The van der Waals surface area contributed by atoms with E-state index in [1.54, 1.807) is 0 Å². The van der Waals surface area contributed by atoms with Gasteiger partial charge in [0.15, 0.2) is 0 Å². The van der Waals surface area contributed by atoms with Crippen LogP contribution in [0.1, 0.15) is 32.8 Å². The first-order chi connectivity index (χ1) is 8.49. The molecule has 3 heteroatoms. The van der Waals surface area contributed by atoms with Crippen LogP contribution in [0.3, 0.4) is 0 Å². The Morgan fingerprint density at radius 3 is 2.67 bits per heavy atom. The first kappa shape index (κ1) is 15.5. The minimum absolute atomic E-state index is 0.185. The Balaban J connectivity index is 2.35. The van der Waals surface area contributed by atoms with Crippen molar-refractivity contribution < 1.29 is 4.74 Å². The molecule has 1 N–H and O–H groups in total. The van der Waals surface area contributed by atoms with E-state index in [0.29, 0.717) is 0 Å². The lowest BCUT2D eigenvalue weighted by Crippen LogP contribution is -2.30. The summed E-state index contributed by atoms with van der Waals surface area (Å²) in [5.74, 6) is 1.71. The second-order valence-electron chi connectivity index (χ2n) is 5.22. The van der Waals surface area contributed by atoms with E-state index in [1.807, 2.05) is 12.1 Å². The van der Waals surface area contributed by atoms with Crippen molar-refractivity contribution in [3.63, 3.8) is 0 Å². The van der Waals surface area contributed by atoms with Crippen molar-refractivity contribution in [2.75, 3.05) is 13.1 Å². The van der Waals surface area contributed by atoms with Gasteiger partial charge in [0.2, 0.25) is 0 Å². The van der Waals surface area contributed by atoms with E-state index in [4.69, 9.17) is 4.74 Å². The normalized spacial score (nSPS) is 12.8. The van der Waals surface area contributed by atoms with Gasteiger partial charge in [0, 0.05) is 11.0 Å². The van der Waals surface area contributed by atoms with E-state index in [9.17, 15) is 0 Å². The zero-order valence-electron chi connectivity index (χ0n) is 11.8. The van der Waals surface area contributed by atoms with E-state index >= 15 is 0 Å². The Labute approximate surface area is 119 Å². The van der Waals surface area contributed by atoms with E-state index in [0.717, 1.165) is 29.2 Å². The number of nitrogens with one attached hydrogen (secondary N) is 1. The van der Waals surface area contributed by atoms with Gasteiger partial charge >= 0.3 is 0 Å². The molecule has 0 aliphatic heterocycles. The third kappa shape index (κ3) is 5.87. The largest absolute Gasteiger partial charge is 0.489 e. The van der Waals surface area contributed by atoms with Gasteiger partial charge < -0.3 is 10.1 Å². The molecule has 102 valence electrons. The fraction of sp³-hybridized carbons (Fsp3) is 0.600. The Bertz CT molecular complexity index is 366. The van der Waals surface area contributed by atoms with E-state index in [1.165, 1.54) is 12.0 Å². The highest BCUT2D eigenvalue weighted by atomic mass is 79.9. The third-order valence-electron chi connectivity index (χ3n) is 2.81. The molecule has 18 heavy (non-hydrogen) atoms. The highest BCUT2D eigenvalue weighted by Gasteiger charge is 2.06. The molecule has 0 heterocycles. The molecule has 1 aromatic rings. The molecular weight excluding hydrogens is 290 g/mol. The SMILES string of the molecule is Cc1ccc(Br)cc1OC(C)CNCCC(C)C. The van der Waals surface area contributed by atoms with Crippen LogP contribution in [0.5, 0.6) is 5.75 Å². The maximum atomic E-state index is 5.94. The average molecular weight is 314 g/mol. The van der Waals surface area contributed by atoms with Crippen molar-refractivity contribution in [3.8, 4) is 5.75 Å². The molecule has 1 aromatic carbocycles. The van der Waals surface area contributed by atoms with E-state index in [-0.39, 0.29) is 6.10 Å². The number of hydrogen-bond acceptors (Lipinski definition) is 2. The summed E-state index contributed by atoms with van der Waals surface area (Å²) < 4.78 is 7.00. The Morgan fingerprint density at radius 2 is 2.00 bits per heavy atom. The van der Waals surface area contributed by atoms with Crippen molar-refractivity contribution in [3.05, 3.63) is 28.2 Å². The van der Waals surface area contributed by atoms with Crippen LogP contribution in [0.2, 0.25) is 0 Å². The Kier molecular flexibility index (Phi) is 6.72. The maximum absolute atomic E-state index is 5.94. The Morgan fingerprint density at radius 1 is 1.28 bits per heavy atom. The average Bonchev–Trinajstić information content (AvgIpc) is 2.29. The molecule has 0 aromatic heterocycles. The molecule has 0 bridgehead atoms. The quantitative estimate of drug-likeness (QED) is 0.763. The van der Waals surface area contributed by atoms with Gasteiger partial charge in [0.25, 0.3) is 0 Å². The molecule has 0 amide bonds. The van der Waals surface area contributed by atoms with Crippen LogP contribution in [0, 0.1) is 12.8 Å². The monoisotopic (exact) mass is 313 g/mol. The van der Waals surface area contributed by atoms with Gasteiger partial charge in [-0.15, -0.1) is 0 Å². The van der Waals surface area contributed by atoms with Crippen molar-refractivity contribution in [1.82, 2.24) is 5.32 Å². The first-order valence-corrected chi connectivity index (χ1v) is 7.42. The van der Waals surface area contributed by atoms with Crippen LogP contribution in [0.25, 0.3) is 0 Å². The van der Waals surface area contributed by atoms with Crippen LogP contribution in [-0.2, 0) is 0 Å². The second kappa shape index (κ2) is 7.80. The van der Waals surface area contributed by atoms with Gasteiger partial charge in [0.05, 0.1) is 0 Å². The highest BCUT2D eigenvalue weighted by molar-refractivity contribution is 9.10. The Hall–Kier alpha value is -0.540. The van der Waals surface area contributed by atoms with E-state index in [2.05, 4.69) is 55.0 Å². The number of rotatable bonds is 7. The summed E-state index contributed by atoms with van der Waals surface area (Å²) in [5, 5.41) is 3.43. The summed E-state index contributed by atoms with van der Waals surface area (Å²) in [6.07, 6.45) is 1.40. The summed E-state index contributed by atoms with van der Waals surface area (Å²) in [6.45, 7) is 10.6. The molecular formula is C15H24BrNO. The van der Waals surface area contributed by atoms with Crippen LogP contribution in [-0.4, -0.2) is 19.2 Å². The van der Waals surface area contributed by atoms with Crippen LogP contribution in [0.4, 0.5) is 0 Å². The van der Waals surface area contributed by atoms with Gasteiger partial charge in [-0.1, -0.05) is 35.8 Å². The first-order valence-electron chi connectivity index (χ1n) is 6.62. The van der Waals surface area contributed by atoms with Gasteiger partial charge in [-0.25, -0.2) is 0 Å². The lowest BCUT2D eigenvalue weighted by molar-refractivity contribution is 0.215. The third-order valence-corrected chi connectivity index (χ3v) is 3.30. The molecule has 1 atom stereocenters. The fourth-order valence-corrected chi connectivity index (χ4v) is 2.00. The van der Waals surface area contributed by atoms with Crippen molar-refractivity contribution in [1.29, 1.82) is 0 Å². The molecule has 0 aliphatic carbocycles. The number of aryl methyl sites for hydroxylation is 1. The minimum Gasteiger partial charge on any atom is -0.489 e. The molecule has 0 aliphatic rings. The van der Waals surface area contributed by atoms with Crippen molar-refractivity contribution in [2.45, 2.75) is 40.2 Å². The second-order valence-corrected chi connectivity index (χ2v) is 6.14. The van der Waals surface area contributed by atoms with Crippen molar-refractivity contribution >= 4 is 15.9 Å². The van der Waals surface area contributed by atoms with Crippen molar-refractivity contribution in [2.24, 2.45) is 5.92 Å². The predicted molar refractivity (Wildman–Crippen MR) is 81.3 cm³/mol. The van der Waals surface area contributed by atoms with Crippen LogP contribution >= 0.6 is 15.9 Å². The van der Waals surface area contributed by atoms with Gasteiger partial charge in [-0.3, -0.25) is 0 Å². The smallest absolute Gasteiger partial charge is 0.123 e.